The second-order valence-corrected chi connectivity index (χ2v) is 6.55. The maximum Gasteiger partial charge on any atom is 0.0948 e. The smallest absolute Gasteiger partial charge is 0.0948 e. The molecule has 0 aliphatic heterocycles. The molecule has 1 heterocycles. The number of nitrogens with one attached hydrogen (secondary N) is 1. The maximum absolute atomic E-state index is 6.26. The van der Waals surface area contributed by atoms with Crippen molar-refractivity contribution in [2.24, 2.45) is 5.92 Å². The van der Waals surface area contributed by atoms with E-state index < -0.39 is 0 Å². The molecule has 0 amide bonds. The molecule has 1 N–H and O–H groups in total. The van der Waals surface area contributed by atoms with E-state index in [-0.39, 0.29) is 0 Å². The lowest BCUT2D eigenvalue weighted by Gasteiger charge is -2.29. The Hall–Kier alpha value is -1.28. The van der Waals surface area contributed by atoms with Gasteiger partial charge in [-0.2, -0.15) is 0 Å². The van der Waals surface area contributed by atoms with Crippen molar-refractivity contribution in [2.75, 3.05) is 5.32 Å². The zero-order valence-corrected chi connectivity index (χ0v) is 13.4. The van der Waals surface area contributed by atoms with Crippen LogP contribution in [0.2, 0.25) is 5.02 Å². The number of aromatic nitrogens is 1. The van der Waals surface area contributed by atoms with E-state index in [1.165, 1.54) is 38.5 Å². The molecule has 0 saturated heterocycles. The zero-order chi connectivity index (χ0) is 14.7. The molecular weight excluding hydrogens is 280 g/mol. The largest absolute Gasteiger partial charge is 0.381 e. The minimum atomic E-state index is 0.574. The summed E-state index contributed by atoms with van der Waals surface area (Å²) in [6.45, 7) is 2.29. The number of rotatable bonds is 4. The fourth-order valence-corrected chi connectivity index (χ4v) is 3.69. The van der Waals surface area contributed by atoms with Crippen molar-refractivity contribution < 1.29 is 0 Å². The molecular formula is C18H23ClN2. The van der Waals surface area contributed by atoms with Gasteiger partial charge in [-0.05, 0) is 55.9 Å². The first-order chi connectivity index (χ1) is 10.3. The lowest BCUT2D eigenvalue weighted by atomic mass is 9.83. The summed E-state index contributed by atoms with van der Waals surface area (Å²) in [4.78, 5) is 4.50. The summed E-state index contributed by atoms with van der Waals surface area (Å²) in [6, 6.07) is 8.58. The molecule has 0 unspecified atom stereocenters. The zero-order valence-electron chi connectivity index (χ0n) is 12.6. The van der Waals surface area contributed by atoms with Crippen molar-refractivity contribution in [3.05, 3.63) is 35.5 Å². The van der Waals surface area contributed by atoms with Crippen LogP contribution in [0, 0.1) is 5.92 Å². The van der Waals surface area contributed by atoms with E-state index in [4.69, 9.17) is 11.6 Å². The molecule has 0 atom stereocenters. The third kappa shape index (κ3) is 3.32. The van der Waals surface area contributed by atoms with Gasteiger partial charge in [0.1, 0.15) is 0 Å². The van der Waals surface area contributed by atoms with Crippen molar-refractivity contribution in [1.82, 2.24) is 4.98 Å². The van der Waals surface area contributed by atoms with Crippen LogP contribution in [0.15, 0.2) is 30.5 Å². The number of nitrogens with zero attached hydrogens (tertiary/aromatic N) is 1. The normalized spacial score (nSPS) is 22.4. The quantitative estimate of drug-likeness (QED) is 0.788. The van der Waals surface area contributed by atoms with Gasteiger partial charge in [-0.15, -0.1) is 0 Å². The molecule has 3 rings (SSSR count). The molecule has 112 valence electrons. The van der Waals surface area contributed by atoms with Crippen LogP contribution in [0.5, 0.6) is 0 Å². The van der Waals surface area contributed by atoms with Gasteiger partial charge in [-0.3, -0.25) is 4.98 Å². The van der Waals surface area contributed by atoms with Gasteiger partial charge in [0.15, 0.2) is 0 Å². The van der Waals surface area contributed by atoms with Crippen LogP contribution in [0.25, 0.3) is 10.9 Å². The van der Waals surface area contributed by atoms with Gasteiger partial charge in [0.05, 0.1) is 16.2 Å². The molecule has 3 heteroatoms. The topological polar surface area (TPSA) is 24.9 Å². The fraction of sp³-hybridized carbons (Fsp3) is 0.500. The highest BCUT2D eigenvalue weighted by atomic mass is 35.5. The van der Waals surface area contributed by atoms with Crippen LogP contribution in [-0.2, 0) is 0 Å². The number of pyridine rings is 1. The first-order valence-electron chi connectivity index (χ1n) is 8.07. The average Bonchev–Trinajstić information content (AvgIpc) is 2.52. The minimum absolute atomic E-state index is 0.574. The summed E-state index contributed by atoms with van der Waals surface area (Å²) >= 11 is 6.26. The molecule has 1 aliphatic rings. The predicted molar refractivity (Wildman–Crippen MR) is 91.0 cm³/mol. The number of benzene rings is 1. The molecule has 1 fully saturated rings. The van der Waals surface area contributed by atoms with E-state index in [0.29, 0.717) is 6.04 Å². The van der Waals surface area contributed by atoms with Crippen LogP contribution in [0.4, 0.5) is 5.69 Å². The molecule has 0 spiro atoms. The number of anilines is 1. The van der Waals surface area contributed by atoms with Crippen LogP contribution in [0.1, 0.15) is 45.4 Å². The van der Waals surface area contributed by atoms with Crippen LogP contribution in [0.3, 0.4) is 0 Å². The number of hydrogen-bond acceptors (Lipinski definition) is 2. The van der Waals surface area contributed by atoms with Crippen LogP contribution < -0.4 is 5.32 Å². The highest BCUT2D eigenvalue weighted by molar-refractivity contribution is 6.35. The molecule has 2 nitrogen and oxygen atoms in total. The molecule has 1 saturated carbocycles. The Bertz CT molecular complexity index is 603. The van der Waals surface area contributed by atoms with E-state index in [0.717, 1.165) is 27.5 Å². The Morgan fingerprint density at radius 2 is 2.00 bits per heavy atom. The monoisotopic (exact) mass is 302 g/mol. The summed E-state index contributed by atoms with van der Waals surface area (Å²) in [5, 5.41) is 5.50. The van der Waals surface area contributed by atoms with Crippen molar-refractivity contribution >= 4 is 28.2 Å². The third-order valence-corrected chi connectivity index (χ3v) is 4.95. The summed E-state index contributed by atoms with van der Waals surface area (Å²) in [5.74, 6) is 0.938. The first kappa shape index (κ1) is 14.6. The molecule has 0 radical (unpaired) electrons. The Labute approximate surface area is 131 Å². The SMILES string of the molecule is CCCC1CCC(Nc2ccc(Cl)c3cccnc23)CC1. The summed E-state index contributed by atoms with van der Waals surface area (Å²) in [5.41, 5.74) is 2.11. The van der Waals surface area contributed by atoms with Crippen molar-refractivity contribution in [3.63, 3.8) is 0 Å². The lowest BCUT2D eigenvalue weighted by Crippen LogP contribution is -2.26. The van der Waals surface area contributed by atoms with E-state index in [2.05, 4.69) is 23.3 Å². The highest BCUT2D eigenvalue weighted by Crippen LogP contribution is 2.32. The first-order valence-corrected chi connectivity index (χ1v) is 8.45. The molecule has 1 aliphatic carbocycles. The van der Waals surface area contributed by atoms with E-state index in [9.17, 15) is 0 Å². The van der Waals surface area contributed by atoms with Gasteiger partial charge < -0.3 is 5.32 Å². The predicted octanol–water partition coefficient (Wildman–Crippen LogP) is 5.66. The molecule has 1 aromatic heterocycles. The van der Waals surface area contributed by atoms with E-state index >= 15 is 0 Å². The van der Waals surface area contributed by atoms with Gasteiger partial charge in [0.2, 0.25) is 0 Å². The van der Waals surface area contributed by atoms with Crippen molar-refractivity contribution in [2.45, 2.75) is 51.5 Å². The van der Waals surface area contributed by atoms with Crippen molar-refractivity contribution in [1.29, 1.82) is 0 Å². The molecule has 1 aromatic carbocycles. The number of halogens is 1. The molecule has 2 aromatic rings. The number of fused-ring (bicyclic) bond motifs is 1. The molecule has 0 bridgehead atoms. The summed E-state index contributed by atoms with van der Waals surface area (Å²) in [6.07, 6.45) is 9.77. The lowest BCUT2D eigenvalue weighted by molar-refractivity contribution is 0.319. The van der Waals surface area contributed by atoms with Crippen LogP contribution >= 0.6 is 11.6 Å². The second-order valence-electron chi connectivity index (χ2n) is 6.15. The Balaban J connectivity index is 1.73. The summed E-state index contributed by atoms with van der Waals surface area (Å²) < 4.78 is 0. The second kappa shape index (κ2) is 6.65. The van der Waals surface area contributed by atoms with Gasteiger partial charge in [-0.1, -0.05) is 31.4 Å². The van der Waals surface area contributed by atoms with Crippen LogP contribution in [-0.4, -0.2) is 11.0 Å². The van der Waals surface area contributed by atoms with E-state index in [1.807, 2.05) is 24.4 Å². The van der Waals surface area contributed by atoms with Gasteiger partial charge in [0, 0.05) is 17.6 Å². The third-order valence-electron chi connectivity index (χ3n) is 4.62. The molecule has 21 heavy (non-hydrogen) atoms. The van der Waals surface area contributed by atoms with Crippen molar-refractivity contribution in [3.8, 4) is 0 Å². The Morgan fingerprint density at radius 1 is 1.19 bits per heavy atom. The maximum atomic E-state index is 6.26. The van der Waals surface area contributed by atoms with Gasteiger partial charge in [-0.25, -0.2) is 0 Å². The fourth-order valence-electron chi connectivity index (χ4n) is 3.48. The highest BCUT2D eigenvalue weighted by Gasteiger charge is 2.21. The minimum Gasteiger partial charge on any atom is -0.381 e. The van der Waals surface area contributed by atoms with Gasteiger partial charge >= 0.3 is 0 Å². The standard InChI is InChI=1S/C18H23ClN2/c1-2-4-13-6-8-14(9-7-13)21-17-11-10-16(19)15-5-3-12-20-18(15)17/h3,5,10-14,21H,2,4,6-9H2,1H3. The Kier molecular flexibility index (Phi) is 4.64. The summed E-state index contributed by atoms with van der Waals surface area (Å²) in [7, 11) is 0. The number of hydrogen-bond donors (Lipinski definition) is 1. The van der Waals surface area contributed by atoms with E-state index in [1.54, 1.807) is 0 Å². The average molecular weight is 303 g/mol. The van der Waals surface area contributed by atoms with Gasteiger partial charge in [0.25, 0.3) is 0 Å². The Morgan fingerprint density at radius 3 is 2.76 bits per heavy atom.